The average molecular weight is 256 g/mol. The van der Waals surface area contributed by atoms with Crippen LogP contribution in [-0.4, -0.2) is 15.2 Å². The molecule has 1 rings (SSSR count). The van der Waals surface area contributed by atoms with Crippen LogP contribution in [0.4, 0.5) is 11.5 Å². The molecule has 2 N–H and O–H groups in total. The molecule has 0 aliphatic heterocycles. The van der Waals surface area contributed by atoms with E-state index in [0.29, 0.717) is 10.9 Å². The number of nitrogens with zero attached hydrogens (tertiary/aromatic N) is 2. The minimum absolute atomic E-state index is 0.113. The Hall–Kier alpha value is -1.61. The number of pyridine rings is 1. The number of rotatable bonds is 1. The van der Waals surface area contributed by atoms with Crippen LogP contribution in [0.2, 0.25) is 0 Å². The molecule has 0 aromatic carbocycles. The summed E-state index contributed by atoms with van der Waals surface area (Å²) < 4.78 is 0. The first-order valence-corrected chi connectivity index (χ1v) is 4.72. The lowest BCUT2D eigenvalue weighted by Crippen LogP contribution is -1.97. The van der Waals surface area contributed by atoms with Gasteiger partial charge in [0.25, 0.3) is 5.69 Å². The van der Waals surface area contributed by atoms with Crippen molar-refractivity contribution in [3.8, 4) is 11.8 Å². The number of hydrogen-bond donors (Lipinski definition) is 1. The molecule has 0 unspecified atom stereocenters. The van der Waals surface area contributed by atoms with Crippen LogP contribution in [0, 0.1) is 22.0 Å². The highest BCUT2D eigenvalue weighted by Gasteiger charge is 2.08. The first-order chi connectivity index (χ1) is 6.65. The summed E-state index contributed by atoms with van der Waals surface area (Å²) >= 11 is 3.11. The van der Waals surface area contributed by atoms with Crippen molar-refractivity contribution in [2.24, 2.45) is 0 Å². The van der Waals surface area contributed by atoms with Crippen LogP contribution in [0.1, 0.15) is 5.56 Å². The second-order valence-corrected chi connectivity index (χ2v) is 2.88. The Morgan fingerprint density at radius 3 is 3.00 bits per heavy atom. The number of aromatic nitrogens is 1. The van der Waals surface area contributed by atoms with E-state index in [1.165, 1.54) is 6.07 Å². The fraction of sp³-hybridized carbons (Fsp3) is 0.125. The van der Waals surface area contributed by atoms with Gasteiger partial charge in [-0.25, -0.2) is 4.98 Å². The quantitative estimate of drug-likeness (QED) is 0.355. The number of anilines is 1. The third kappa shape index (κ3) is 2.44. The van der Waals surface area contributed by atoms with Gasteiger partial charge in [0, 0.05) is 6.07 Å². The normalized spacial score (nSPS) is 8.93. The zero-order chi connectivity index (χ0) is 10.6. The maximum atomic E-state index is 10.4. The van der Waals surface area contributed by atoms with E-state index in [2.05, 4.69) is 32.8 Å². The lowest BCUT2D eigenvalue weighted by molar-refractivity contribution is -0.385. The van der Waals surface area contributed by atoms with Gasteiger partial charge in [0.1, 0.15) is 12.0 Å². The lowest BCUT2D eigenvalue weighted by atomic mass is 10.2. The van der Waals surface area contributed by atoms with Gasteiger partial charge in [-0.3, -0.25) is 10.1 Å². The smallest absolute Gasteiger partial charge is 0.288 e. The number of nitrogens with two attached hydrogens (primary N) is 1. The Bertz CT molecular complexity index is 422. The number of alkyl halides is 1. The van der Waals surface area contributed by atoms with E-state index >= 15 is 0 Å². The van der Waals surface area contributed by atoms with Gasteiger partial charge in [0.05, 0.1) is 15.8 Å². The lowest BCUT2D eigenvalue weighted by Gasteiger charge is -1.96. The number of nitro groups is 1. The first kappa shape index (κ1) is 10.5. The van der Waals surface area contributed by atoms with E-state index in [4.69, 9.17) is 5.73 Å². The monoisotopic (exact) mass is 255 g/mol. The molecule has 14 heavy (non-hydrogen) atoms. The summed E-state index contributed by atoms with van der Waals surface area (Å²) in [5.41, 5.74) is 5.74. The SMILES string of the molecule is Nc1ncc([N+](=O)[O-])cc1C#CCBr. The van der Waals surface area contributed by atoms with Crippen LogP contribution in [0.25, 0.3) is 0 Å². The van der Waals surface area contributed by atoms with Crippen molar-refractivity contribution in [1.29, 1.82) is 0 Å². The van der Waals surface area contributed by atoms with E-state index < -0.39 is 4.92 Å². The van der Waals surface area contributed by atoms with Gasteiger partial charge in [0.2, 0.25) is 0 Å². The van der Waals surface area contributed by atoms with Crippen molar-refractivity contribution in [2.75, 3.05) is 11.1 Å². The van der Waals surface area contributed by atoms with Crippen LogP contribution in [-0.2, 0) is 0 Å². The molecule has 0 aliphatic rings. The average Bonchev–Trinajstić information content (AvgIpc) is 2.16. The first-order valence-electron chi connectivity index (χ1n) is 3.60. The van der Waals surface area contributed by atoms with Crippen LogP contribution in [0.15, 0.2) is 12.3 Å². The minimum atomic E-state index is -0.536. The summed E-state index contributed by atoms with van der Waals surface area (Å²) in [6.07, 6.45) is 1.11. The maximum absolute atomic E-state index is 10.4. The molecule has 1 aromatic rings. The Morgan fingerprint density at radius 2 is 2.43 bits per heavy atom. The fourth-order valence-corrected chi connectivity index (χ4v) is 0.933. The second-order valence-electron chi connectivity index (χ2n) is 2.32. The van der Waals surface area contributed by atoms with Gasteiger partial charge < -0.3 is 5.73 Å². The molecule has 1 heterocycles. The van der Waals surface area contributed by atoms with Crippen molar-refractivity contribution in [3.63, 3.8) is 0 Å². The molecule has 0 spiro atoms. The van der Waals surface area contributed by atoms with Gasteiger partial charge in [-0.05, 0) is 0 Å². The molecule has 1 aromatic heterocycles. The molecular weight excluding hydrogens is 250 g/mol. The maximum Gasteiger partial charge on any atom is 0.288 e. The number of nitrogen functional groups attached to an aromatic ring is 1. The van der Waals surface area contributed by atoms with Crippen molar-refractivity contribution in [1.82, 2.24) is 4.98 Å². The highest BCUT2D eigenvalue weighted by molar-refractivity contribution is 9.09. The van der Waals surface area contributed by atoms with Crippen molar-refractivity contribution < 1.29 is 4.92 Å². The molecule has 0 aliphatic carbocycles. The summed E-state index contributed by atoms with van der Waals surface area (Å²) in [6, 6.07) is 1.30. The fourth-order valence-electron chi connectivity index (χ4n) is 0.793. The Morgan fingerprint density at radius 1 is 1.71 bits per heavy atom. The Balaban J connectivity index is 3.14. The topological polar surface area (TPSA) is 82.0 Å². The van der Waals surface area contributed by atoms with Gasteiger partial charge >= 0.3 is 0 Å². The molecule has 0 atom stereocenters. The molecule has 72 valence electrons. The van der Waals surface area contributed by atoms with Gasteiger partial charge in [0.15, 0.2) is 0 Å². The van der Waals surface area contributed by atoms with Crippen molar-refractivity contribution in [3.05, 3.63) is 27.9 Å². The second kappa shape index (κ2) is 4.58. The third-order valence-corrected chi connectivity index (χ3v) is 1.69. The zero-order valence-electron chi connectivity index (χ0n) is 7.03. The molecule has 0 saturated carbocycles. The van der Waals surface area contributed by atoms with Crippen molar-refractivity contribution in [2.45, 2.75) is 0 Å². The van der Waals surface area contributed by atoms with Crippen LogP contribution < -0.4 is 5.73 Å². The van der Waals surface area contributed by atoms with Crippen LogP contribution in [0.5, 0.6) is 0 Å². The molecule has 0 bridgehead atoms. The highest BCUT2D eigenvalue weighted by atomic mass is 79.9. The molecular formula is C8H6BrN3O2. The summed E-state index contributed by atoms with van der Waals surface area (Å²) in [4.78, 5) is 13.5. The minimum Gasteiger partial charge on any atom is -0.383 e. The molecule has 0 fully saturated rings. The van der Waals surface area contributed by atoms with E-state index in [-0.39, 0.29) is 11.5 Å². The van der Waals surface area contributed by atoms with Crippen molar-refractivity contribution >= 4 is 27.4 Å². The Kier molecular flexibility index (Phi) is 3.42. The van der Waals surface area contributed by atoms with Gasteiger partial charge in [-0.15, -0.1) is 0 Å². The Labute approximate surface area is 88.6 Å². The van der Waals surface area contributed by atoms with Gasteiger partial charge in [-0.1, -0.05) is 27.8 Å². The molecule has 0 saturated heterocycles. The summed E-state index contributed by atoms with van der Waals surface area (Å²) in [7, 11) is 0. The predicted octanol–water partition coefficient (Wildman–Crippen LogP) is 1.32. The van der Waals surface area contributed by atoms with Gasteiger partial charge in [-0.2, -0.15) is 0 Å². The summed E-state index contributed by atoms with van der Waals surface area (Å²) in [5.74, 6) is 5.56. The summed E-state index contributed by atoms with van der Waals surface area (Å²) in [5, 5.41) is 10.9. The van der Waals surface area contributed by atoms with Crippen LogP contribution >= 0.6 is 15.9 Å². The highest BCUT2D eigenvalue weighted by Crippen LogP contribution is 2.15. The molecule has 5 nitrogen and oxygen atoms in total. The standard InChI is InChI=1S/C8H6BrN3O2/c9-3-1-2-6-4-7(12(13)14)5-11-8(6)10/h4-5H,3H2,(H2,10,11). The van der Waals surface area contributed by atoms with E-state index in [1.54, 1.807) is 0 Å². The number of hydrogen-bond acceptors (Lipinski definition) is 4. The molecule has 0 amide bonds. The molecule has 0 radical (unpaired) electrons. The number of halogens is 1. The van der Waals surface area contributed by atoms with Crippen LogP contribution in [0.3, 0.4) is 0 Å². The predicted molar refractivity (Wildman–Crippen MR) is 56.0 cm³/mol. The largest absolute Gasteiger partial charge is 0.383 e. The van der Waals surface area contributed by atoms with E-state index in [9.17, 15) is 10.1 Å². The van der Waals surface area contributed by atoms with E-state index in [0.717, 1.165) is 6.20 Å². The third-order valence-electron chi connectivity index (χ3n) is 1.40. The summed E-state index contributed by atoms with van der Waals surface area (Å²) in [6.45, 7) is 0. The van der Waals surface area contributed by atoms with E-state index in [1.807, 2.05) is 0 Å². The molecule has 6 heteroatoms. The zero-order valence-corrected chi connectivity index (χ0v) is 8.61.